The second-order valence-corrected chi connectivity index (χ2v) is 9.46. The number of carbonyl (C=O) groups is 2. The zero-order valence-corrected chi connectivity index (χ0v) is 17.3. The Kier molecular flexibility index (Phi) is 4.67. The first kappa shape index (κ1) is 18.8. The van der Waals surface area contributed by atoms with E-state index in [0.717, 1.165) is 64.1 Å². The first-order chi connectivity index (χ1) is 14.1. The number of nitrogens with zero attached hydrogens (tertiary/aromatic N) is 3. The largest absolute Gasteiger partial charge is 0.356 e. The van der Waals surface area contributed by atoms with E-state index in [9.17, 15) is 9.59 Å². The van der Waals surface area contributed by atoms with E-state index in [1.165, 1.54) is 5.56 Å². The number of amides is 2. The van der Waals surface area contributed by atoms with Gasteiger partial charge in [-0.1, -0.05) is 6.07 Å². The summed E-state index contributed by atoms with van der Waals surface area (Å²) in [6.07, 6.45) is 6.38. The van der Waals surface area contributed by atoms with Crippen LogP contribution in [0.1, 0.15) is 35.2 Å². The average molecular weight is 411 g/mol. The monoisotopic (exact) mass is 410 g/mol. The molecule has 0 aliphatic carbocycles. The summed E-state index contributed by atoms with van der Waals surface area (Å²) in [7, 11) is 0. The van der Waals surface area contributed by atoms with Crippen molar-refractivity contribution in [1.29, 1.82) is 0 Å². The van der Waals surface area contributed by atoms with E-state index in [1.807, 2.05) is 34.0 Å². The van der Waals surface area contributed by atoms with Crippen molar-refractivity contribution in [2.45, 2.75) is 25.8 Å². The summed E-state index contributed by atoms with van der Waals surface area (Å²) in [5, 5.41) is 6.98. The Balaban J connectivity index is 1.36. The smallest absolute Gasteiger partial charge is 0.254 e. The molecule has 3 aliphatic rings. The van der Waals surface area contributed by atoms with Crippen LogP contribution in [-0.4, -0.2) is 59.3 Å². The van der Waals surface area contributed by atoms with E-state index in [-0.39, 0.29) is 22.6 Å². The van der Waals surface area contributed by atoms with Crippen molar-refractivity contribution in [2.75, 3.05) is 32.7 Å². The molecule has 0 radical (unpaired) electrons. The Morgan fingerprint density at radius 1 is 1.21 bits per heavy atom. The van der Waals surface area contributed by atoms with Gasteiger partial charge in [0, 0.05) is 62.5 Å². The summed E-state index contributed by atoms with van der Waals surface area (Å²) in [6.45, 7) is 4.75. The predicted molar refractivity (Wildman–Crippen MR) is 111 cm³/mol. The highest BCUT2D eigenvalue weighted by Gasteiger charge is 2.63. The summed E-state index contributed by atoms with van der Waals surface area (Å²) in [5.41, 5.74) is 1.58. The van der Waals surface area contributed by atoms with Gasteiger partial charge >= 0.3 is 0 Å². The molecule has 29 heavy (non-hydrogen) atoms. The highest BCUT2D eigenvalue weighted by Crippen LogP contribution is 2.56. The lowest BCUT2D eigenvalue weighted by Crippen LogP contribution is -2.53. The van der Waals surface area contributed by atoms with Crippen LogP contribution in [0.4, 0.5) is 0 Å². The summed E-state index contributed by atoms with van der Waals surface area (Å²) < 4.78 is 0. The summed E-state index contributed by atoms with van der Waals surface area (Å²) in [5.74, 6) is 0.333. The zero-order valence-electron chi connectivity index (χ0n) is 16.5. The molecule has 2 spiro atoms. The molecule has 152 valence electrons. The molecular weight excluding hydrogens is 384 g/mol. The molecule has 0 unspecified atom stereocenters. The van der Waals surface area contributed by atoms with Gasteiger partial charge in [0.05, 0.1) is 11.0 Å². The number of hydrogen-bond donors (Lipinski definition) is 1. The first-order valence-corrected chi connectivity index (χ1v) is 11.3. The van der Waals surface area contributed by atoms with Gasteiger partial charge in [0.25, 0.3) is 5.91 Å². The Morgan fingerprint density at radius 3 is 2.72 bits per heavy atom. The molecule has 2 aromatic heterocycles. The lowest BCUT2D eigenvalue weighted by Gasteiger charge is -2.46. The minimum atomic E-state index is -0.327. The topological polar surface area (TPSA) is 65.5 Å². The SMILES string of the molecule is O=C(c1ccsc1)N1CCC2(CC1)CN(Cc1cccnc1)C[C@]21CCNC1=O. The maximum Gasteiger partial charge on any atom is 0.254 e. The van der Waals surface area contributed by atoms with Crippen LogP contribution in [-0.2, 0) is 11.3 Å². The van der Waals surface area contributed by atoms with Crippen LogP contribution >= 0.6 is 11.3 Å². The molecule has 5 rings (SSSR count). The van der Waals surface area contributed by atoms with Gasteiger partial charge in [0.15, 0.2) is 0 Å². The van der Waals surface area contributed by atoms with Crippen LogP contribution in [0.3, 0.4) is 0 Å². The number of piperidine rings is 1. The molecule has 0 bridgehead atoms. The van der Waals surface area contributed by atoms with Crippen LogP contribution < -0.4 is 5.32 Å². The molecule has 2 amide bonds. The van der Waals surface area contributed by atoms with Crippen LogP contribution in [0.2, 0.25) is 0 Å². The van der Waals surface area contributed by atoms with Gasteiger partial charge in [-0.15, -0.1) is 0 Å². The molecule has 3 aliphatic heterocycles. The maximum absolute atomic E-state index is 13.0. The minimum Gasteiger partial charge on any atom is -0.356 e. The van der Waals surface area contributed by atoms with E-state index in [0.29, 0.717) is 0 Å². The van der Waals surface area contributed by atoms with Gasteiger partial charge in [-0.25, -0.2) is 0 Å². The van der Waals surface area contributed by atoms with Crippen LogP contribution in [0, 0.1) is 10.8 Å². The van der Waals surface area contributed by atoms with E-state index >= 15 is 0 Å². The van der Waals surface area contributed by atoms with Gasteiger partial charge in [0.1, 0.15) is 0 Å². The fourth-order valence-corrected chi connectivity index (χ4v) is 6.35. The Bertz CT molecular complexity index is 893. The molecule has 1 atom stereocenters. The van der Waals surface area contributed by atoms with E-state index in [4.69, 9.17) is 0 Å². The normalized spacial score (nSPS) is 26.3. The number of hydrogen-bond acceptors (Lipinski definition) is 5. The van der Waals surface area contributed by atoms with Crippen molar-refractivity contribution in [1.82, 2.24) is 20.1 Å². The maximum atomic E-state index is 13.0. The molecule has 3 fully saturated rings. The van der Waals surface area contributed by atoms with Crippen LogP contribution in [0.15, 0.2) is 41.4 Å². The number of aromatic nitrogens is 1. The molecule has 3 saturated heterocycles. The zero-order chi connectivity index (χ0) is 19.9. The number of thiophene rings is 1. The highest BCUT2D eigenvalue weighted by atomic mass is 32.1. The van der Waals surface area contributed by atoms with Crippen molar-refractivity contribution in [3.63, 3.8) is 0 Å². The molecule has 6 nitrogen and oxygen atoms in total. The molecule has 1 N–H and O–H groups in total. The third kappa shape index (κ3) is 3.07. The number of likely N-dealkylation sites (tertiary alicyclic amines) is 2. The quantitative estimate of drug-likeness (QED) is 0.844. The lowest BCUT2D eigenvalue weighted by atomic mass is 9.60. The molecule has 0 saturated carbocycles. The van der Waals surface area contributed by atoms with E-state index in [2.05, 4.69) is 21.3 Å². The van der Waals surface area contributed by atoms with Gasteiger partial charge < -0.3 is 10.2 Å². The number of rotatable bonds is 3. The van der Waals surface area contributed by atoms with Gasteiger partial charge in [-0.3, -0.25) is 19.5 Å². The van der Waals surface area contributed by atoms with Crippen LogP contribution in [0.5, 0.6) is 0 Å². The summed E-state index contributed by atoms with van der Waals surface area (Å²) >= 11 is 1.56. The Labute approximate surface area is 174 Å². The fourth-order valence-electron chi connectivity index (χ4n) is 5.72. The van der Waals surface area contributed by atoms with Crippen molar-refractivity contribution in [2.24, 2.45) is 10.8 Å². The lowest BCUT2D eigenvalue weighted by molar-refractivity contribution is -0.133. The molecule has 2 aromatic rings. The number of fused-ring (bicyclic) bond motifs is 1. The van der Waals surface area contributed by atoms with Crippen LogP contribution in [0.25, 0.3) is 0 Å². The molecule has 5 heterocycles. The highest BCUT2D eigenvalue weighted by molar-refractivity contribution is 7.08. The Morgan fingerprint density at radius 2 is 2.07 bits per heavy atom. The number of pyridine rings is 1. The Hall–Kier alpha value is -2.25. The molecule has 0 aromatic carbocycles. The summed E-state index contributed by atoms with van der Waals surface area (Å²) in [4.78, 5) is 34.5. The second-order valence-electron chi connectivity index (χ2n) is 8.68. The van der Waals surface area contributed by atoms with Gasteiger partial charge in [-0.2, -0.15) is 11.3 Å². The third-order valence-electron chi connectivity index (χ3n) is 7.21. The predicted octanol–water partition coefficient (Wildman–Crippen LogP) is 2.39. The number of nitrogens with one attached hydrogen (secondary N) is 1. The minimum absolute atomic E-state index is 0.0543. The van der Waals surface area contributed by atoms with Crippen molar-refractivity contribution in [3.05, 3.63) is 52.5 Å². The van der Waals surface area contributed by atoms with Crippen molar-refractivity contribution < 1.29 is 9.59 Å². The standard InChI is InChI=1S/C22H26N4O2S/c27-19(18-3-11-29-14-18)26-9-5-21(6-10-26)15-25(13-17-2-1-7-23-12-17)16-22(21)4-8-24-20(22)28/h1-3,7,11-12,14H,4-6,8-10,13,15-16H2,(H,24,28)/t22-/m0/s1. The van der Waals surface area contributed by atoms with E-state index < -0.39 is 0 Å². The number of carbonyl (C=O) groups excluding carboxylic acids is 2. The fraction of sp³-hybridized carbons (Fsp3) is 0.500. The summed E-state index contributed by atoms with van der Waals surface area (Å²) in [6, 6.07) is 5.96. The molecule has 7 heteroatoms. The van der Waals surface area contributed by atoms with Crippen molar-refractivity contribution in [3.8, 4) is 0 Å². The van der Waals surface area contributed by atoms with Gasteiger partial charge in [-0.05, 0) is 42.3 Å². The molecular formula is C22H26N4O2S. The third-order valence-corrected chi connectivity index (χ3v) is 7.90. The second kappa shape index (κ2) is 7.22. The average Bonchev–Trinajstić information content (AvgIpc) is 3.45. The van der Waals surface area contributed by atoms with E-state index in [1.54, 1.807) is 17.5 Å². The van der Waals surface area contributed by atoms with Gasteiger partial charge in [0.2, 0.25) is 5.91 Å². The first-order valence-electron chi connectivity index (χ1n) is 10.3. The van der Waals surface area contributed by atoms with Crippen molar-refractivity contribution >= 4 is 23.2 Å².